The van der Waals surface area contributed by atoms with Crippen LogP contribution in [0.25, 0.3) is 0 Å². The summed E-state index contributed by atoms with van der Waals surface area (Å²) in [6.07, 6.45) is 2.45. The predicted octanol–water partition coefficient (Wildman–Crippen LogP) is 3.71. The lowest BCUT2D eigenvalue weighted by Gasteiger charge is -2.06. The van der Waals surface area contributed by atoms with Crippen molar-refractivity contribution in [1.82, 2.24) is 0 Å². The third-order valence-corrected chi connectivity index (χ3v) is 5.36. The number of hydrogen-bond donors (Lipinski definition) is 0. The molecule has 0 heterocycles. The highest BCUT2D eigenvalue weighted by molar-refractivity contribution is 7.91. The number of aryl methyl sites for hydroxylation is 1. The van der Waals surface area contributed by atoms with Crippen molar-refractivity contribution in [2.75, 3.05) is 0 Å². The maximum Gasteiger partial charge on any atom is 0.206 e. The Morgan fingerprint density at radius 1 is 0.842 bits per heavy atom. The van der Waals surface area contributed by atoms with Crippen molar-refractivity contribution >= 4 is 9.84 Å². The Morgan fingerprint density at radius 3 is 1.79 bits per heavy atom. The topological polar surface area (TPSA) is 34.1 Å². The fourth-order valence-corrected chi connectivity index (χ4v) is 3.45. The van der Waals surface area contributed by atoms with E-state index in [0.717, 1.165) is 5.56 Å². The first-order valence-electron chi connectivity index (χ1n) is 6.49. The van der Waals surface area contributed by atoms with Crippen molar-refractivity contribution in [2.24, 2.45) is 0 Å². The minimum absolute atomic E-state index is 0.359. The van der Waals surface area contributed by atoms with Crippen molar-refractivity contribution in [3.05, 3.63) is 59.7 Å². The molecule has 98 valence electrons. The van der Waals surface area contributed by atoms with Crippen molar-refractivity contribution in [1.29, 1.82) is 0 Å². The standard InChI is InChI=1S/C16H16O2S/c1-12-2-8-15(9-3-12)19(17,18)16-10-6-14(7-11-16)13-4-5-13/h2-3,6-11,13H,4-5H2,1H3. The second-order valence-electron chi connectivity index (χ2n) is 5.16. The molecule has 1 aliphatic rings. The maximum atomic E-state index is 12.4. The van der Waals surface area contributed by atoms with Crippen molar-refractivity contribution in [2.45, 2.75) is 35.5 Å². The van der Waals surface area contributed by atoms with Crippen LogP contribution < -0.4 is 0 Å². The predicted molar refractivity (Wildman–Crippen MR) is 75.0 cm³/mol. The highest BCUT2D eigenvalue weighted by Crippen LogP contribution is 2.40. The molecule has 0 N–H and O–H groups in total. The van der Waals surface area contributed by atoms with Crippen LogP contribution in [-0.2, 0) is 9.84 Å². The molecule has 0 saturated heterocycles. The molecule has 0 radical (unpaired) electrons. The molecule has 2 aromatic rings. The number of rotatable bonds is 3. The first-order valence-corrected chi connectivity index (χ1v) is 7.97. The van der Waals surface area contributed by atoms with E-state index in [1.54, 1.807) is 24.3 Å². The van der Waals surface area contributed by atoms with E-state index in [4.69, 9.17) is 0 Å². The molecule has 0 spiro atoms. The molecule has 1 saturated carbocycles. The van der Waals surface area contributed by atoms with E-state index in [9.17, 15) is 8.42 Å². The van der Waals surface area contributed by atoms with Crippen LogP contribution >= 0.6 is 0 Å². The van der Waals surface area contributed by atoms with Crippen molar-refractivity contribution in [3.8, 4) is 0 Å². The van der Waals surface area contributed by atoms with E-state index in [-0.39, 0.29) is 0 Å². The molecule has 19 heavy (non-hydrogen) atoms. The van der Waals surface area contributed by atoms with Crippen LogP contribution in [0, 0.1) is 6.92 Å². The minimum atomic E-state index is -3.38. The molecule has 3 heteroatoms. The van der Waals surface area contributed by atoms with Gasteiger partial charge in [-0.3, -0.25) is 0 Å². The Labute approximate surface area is 114 Å². The molecule has 3 rings (SSSR count). The van der Waals surface area contributed by atoms with E-state index in [0.29, 0.717) is 15.7 Å². The Hall–Kier alpha value is -1.61. The van der Waals surface area contributed by atoms with E-state index in [1.165, 1.54) is 18.4 Å². The highest BCUT2D eigenvalue weighted by atomic mass is 32.2. The molecule has 0 aromatic heterocycles. The molecule has 2 nitrogen and oxygen atoms in total. The lowest BCUT2D eigenvalue weighted by atomic mass is 10.1. The zero-order valence-electron chi connectivity index (χ0n) is 10.8. The highest BCUT2D eigenvalue weighted by Gasteiger charge is 2.24. The summed E-state index contributed by atoms with van der Waals surface area (Å²) in [4.78, 5) is 0.734. The molecule has 0 amide bonds. The number of hydrogen-bond acceptors (Lipinski definition) is 2. The van der Waals surface area contributed by atoms with E-state index in [1.807, 2.05) is 31.2 Å². The summed E-state index contributed by atoms with van der Waals surface area (Å²) in [7, 11) is -3.38. The molecule has 1 fully saturated rings. The van der Waals surface area contributed by atoms with Gasteiger partial charge in [0.15, 0.2) is 0 Å². The zero-order valence-corrected chi connectivity index (χ0v) is 11.7. The fraction of sp³-hybridized carbons (Fsp3) is 0.250. The quantitative estimate of drug-likeness (QED) is 0.853. The van der Waals surface area contributed by atoms with Gasteiger partial charge in [-0.05, 0) is 55.5 Å². The molecular formula is C16H16O2S. The van der Waals surface area contributed by atoms with Gasteiger partial charge < -0.3 is 0 Å². The molecule has 1 aliphatic carbocycles. The van der Waals surface area contributed by atoms with E-state index in [2.05, 4.69) is 0 Å². The summed E-state index contributed by atoms with van der Waals surface area (Å²) in [6, 6.07) is 14.3. The van der Waals surface area contributed by atoms with Crippen LogP contribution in [0.3, 0.4) is 0 Å². The Bertz CT molecular complexity index is 679. The van der Waals surface area contributed by atoms with Crippen LogP contribution in [-0.4, -0.2) is 8.42 Å². The van der Waals surface area contributed by atoms with Crippen molar-refractivity contribution in [3.63, 3.8) is 0 Å². The average Bonchev–Trinajstić information content (AvgIpc) is 3.24. The SMILES string of the molecule is Cc1ccc(S(=O)(=O)c2ccc(C3CC3)cc2)cc1. The molecule has 2 aromatic carbocycles. The number of benzene rings is 2. The minimum Gasteiger partial charge on any atom is -0.219 e. The van der Waals surface area contributed by atoms with Gasteiger partial charge in [0.05, 0.1) is 9.79 Å². The fourth-order valence-electron chi connectivity index (χ4n) is 2.19. The Balaban J connectivity index is 1.96. The third-order valence-electron chi connectivity index (χ3n) is 3.57. The van der Waals surface area contributed by atoms with Gasteiger partial charge in [-0.2, -0.15) is 0 Å². The molecular weight excluding hydrogens is 256 g/mol. The normalized spacial score (nSPS) is 15.4. The van der Waals surface area contributed by atoms with Crippen LogP contribution in [0.2, 0.25) is 0 Å². The van der Waals surface area contributed by atoms with Crippen LogP contribution in [0.15, 0.2) is 58.3 Å². The summed E-state index contributed by atoms with van der Waals surface area (Å²) >= 11 is 0. The summed E-state index contributed by atoms with van der Waals surface area (Å²) < 4.78 is 24.9. The maximum absolute atomic E-state index is 12.4. The summed E-state index contributed by atoms with van der Waals surface area (Å²) in [5, 5.41) is 0. The zero-order chi connectivity index (χ0) is 13.5. The number of sulfone groups is 1. The Kier molecular flexibility index (Phi) is 2.94. The summed E-state index contributed by atoms with van der Waals surface area (Å²) in [5.74, 6) is 0.649. The second-order valence-corrected chi connectivity index (χ2v) is 7.11. The van der Waals surface area contributed by atoms with Gasteiger partial charge >= 0.3 is 0 Å². The monoisotopic (exact) mass is 272 g/mol. The lowest BCUT2D eigenvalue weighted by molar-refractivity contribution is 0.596. The first-order chi connectivity index (χ1) is 9.07. The van der Waals surface area contributed by atoms with Crippen molar-refractivity contribution < 1.29 is 8.42 Å². The first kappa shape index (κ1) is 12.4. The van der Waals surface area contributed by atoms with Gasteiger partial charge in [-0.25, -0.2) is 8.42 Å². The van der Waals surface area contributed by atoms with Gasteiger partial charge in [0.25, 0.3) is 0 Å². The Morgan fingerprint density at radius 2 is 1.32 bits per heavy atom. The van der Waals surface area contributed by atoms with Gasteiger partial charge in [-0.15, -0.1) is 0 Å². The lowest BCUT2D eigenvalue weighted by Crippen LogP contribution is -2.02. The van der Waals surface area contributed by atoms with Gasteiger partial charge in [0.1, 0.15) is 0 Å². The third kappa shape index (κ3) is 2.43. The molecule has 0 aliphatic heterocycles. The largest absolute Gasteiger partial charge is 0.219 e. The van der Waals surface area contributed by atoms with E-state index >= 15 is 0 Å². The van der Waals surface area contributed by atoms with Gasteiger partial charge in [0, 0.05) is 0 Å². The van der Waals surface area contributed by atoms with Crippen LogP contribution in [0.1, 0.15) is 29.9 Å². The molecule has 0 bridgehead atoms. The smallest absolute Gasteiger partial charge is 0.206 e. The van der Waals surface area contributed by atoms with Crippen LogP contribution in [0.4, 0.5) is 0 Å². The van der Waals surface area contributed by atoms with Gasteiger partial charge in [0.2, 0.25) is 9.84 Å². The molecule has 0 atom stereocenters. The second kappa shape index (κ2) is 4.49. The molecule has 0 unspecified atom stereocenters. The summed E-state index contributed by atoms with van der Waals surface area (Å²) in [6.45, 7) is 1.95. The average molecular weight is 272 g/mol. The van der Waals surface area contributed by atoms with Gasteiger partial charge in [-0.1, -0.05) is 29.8 Å². The van der Waals surface area contributed by atoms with Crippen LogP contribution in [0.5, 0.6) is 0 Å². The van der Waals surface area contributed by atoms with E-state index < -0.39 is 9.84 Å². The summed E-state index contributed by atoms with van der Waals surface area (Å²) in [5.41, 5.74) is 2.31.